The highest BCUT2D eigenvalue weighted by atomic mass is 35.5. The van der Waals surface area contributed by atoms with Crippen LogP contribution in [0.2, 0.25) is 10.0 Å². The van der Waals surface area contributed by atoms with E-state index >= 15 is 0 Å². The Balaban J connectivity index is 1.35. The second-order valence-electron chi connectivity index (χ2n) is 8.61. The van der Waals surface area contributed by atoms with E-state index < -0.39 is 10.0 Å². The van der Waals surface area contributed by atoms with Crippen molar-refractivity contribution in [3.8, 4) is 17.0 Å². The van der Waals surface area contributed by atoms with Gasteiger partial charge in [0, 0.05) is 61.3 Å². The maximum atomic E-state index is 11.8. The number of nitrogens with one attached hydrogen (secondary N) is 1. The van der Waals surface area contributed by atoms with Crippen LogP contribution in [0.3, 0.4) is 0 Å². The van der Waals surface area contributed by atoms with Crippen LogP contribution in [0, 0.1) is 0 Å². The Labute approximate surface area is 219 Å². The molecule has 3 aromatic heterocycles. The number of halogens is 2. The number of piperazine rings is 1. The summed E-state index contributed by atoms with van der Waals surface area (Å²) < 4.78 is 31.2. The van der Waals surface area contributed by atoms with E-state index in [1.165, 1.54) is 10.6 Å². The van der Waals surface area contributed by atoms with Crippen LogP contribution in [0.25, 0.3) is 22.2 Å². The first-order valence-corrected chi connectivity index (χ1v) is 13.9. The molecule has 0 unspecified atom stereocenters. The number of aromatic amines is 1. The van der Waals surface area contributed by atoms with E-state index in [9.17, 15) is 8.42 Å². The molecule has 1 aliphatic heterocycles. The number of sulfonamides is 1. The molecular weight excluding hydrogens is 523 g/mol. The second-order valence-corrected chi connectivity index (χ2v) is 11.4. The molecule has 0 radical (unpaired) electrons. The van der Waals surface area contributed by atoms with E-state index in [2.05, 4.69) is 25.1 Å². The summed E-state index contributed by atoms with van der Waals surface area (Å²) in [4.78, 5) is 10.7. The number of aromatic nitrogens is 4. The highest BCUT2D eigenvalue weighted by Gasteiger charge is 2.24. The van der Waals surface area contributed by atoms with Gasteiger partial charge in [0.25, 0.3) is 0 Å². The van der Waals surface area contributed by atoms with Crippen LogP contribution in [0.15, 0.2) is 48.9 Å². The van der Waals surface area contributed by atoms with Gasteiger partial charge in [0.15, 0.2) is 0 Å². The molecule has 1 fully saturated rings. The molecule has 4 aromatic rings. The minimum atomic E-state index is -3.17. The third kappa shape index (κ3) is 4.99. The molecule has 1 aliphatic rings. The van der Waals surface area contributed by atoms with E-state index in [0.29, 0.717) is 47.5 Å². The first-order valence-electron chi connectivity index (χ1n) is 11.3. The third-order valence-electron chi connectivity index (χ3n) is 6.20. The number of rotatable bonds is 6. The number of ether oxygens (including phenoxy) is 1. The van der Waals surface area contributed by atoms with Crippen LogP contribution in [-0.2, 0) is 10.0 Å². The van der Waals surface area contributed by atoms with Gasteiger partial charge in [-0.1, -0.05) is 23.2 Å². The van der Waals surface area contributed by atoms with Gasteiger partial charge in [-0.15, -0.1) is 0 Å². The van der Waals surface area contributed by atoms with Gasteiger partial charge in [-0.3, -0.25) is 10.1 Å². The number of hydrogen-bond donors (Lipinski definition) is 1. The van der Waals surface area contributed by atoms with Crippen LogP contribution < -0.4 is 9.64 Å². The molecule has 12 heteroatoms. The predicted octanol–water partition coefficient (Wildman–Crippen LogP) is 4.55. The Morgan fingerprint density at radius 3 is 2.39 bits per heavy atom. The summed E-state index contributed by atoms with van der Waals surface area (Å²) in [5.74, 6) is 1.45. The monoisotopic (exact) mass is 546 g/mol. The fraction of sp³-hybridized carbons (Fsp3) is 0.292. The van der Waals surface area contributed by atoms with E-state index in [-0.39, 0.29) is 6.10 Å². The van der Waals surface area contributed by atoms with Crippen LogP contribution in [-0.4, -0.2) is 65.3 Å². The van der Waals surface area contributed by atoms with Crippen molar-refractivity contribution in [1.82, 2.24) is 24.5 Å². The lowest BCUT2D eigenvalue weighted by Crippen LogP contribution is -2.48. The van der Waals surface area contributed by atoms with Gasteiger partial charge in [-0.2, -0.15) is 9.40 Å². The van der Waals surface area contributed by atoms with Crippen LogP contribution in [0.1, 0.15) is 18.6 Å². The number of hydrogen-bond acceptors (Lipinski definition) is 7. The normalized spacial score (nSPS) is 15.8. The average molecular weight is 547 g/mol. The van der Waals surface area contributed by atoms with Crippen molar-refractivity contribution in [2.45, 2.75) is 13.0 Å². The smallest absolute Gasteiger partial charge is 0.211 e. The third-order valence-corrected chi connectivity index (χ3v) is 8.10. The molecule has 0 aliphatic carbocycles. The molecule has 0 bridgehead atoms. The van der Waals surface area contributed by atoms with Gasteiger partial charge >= 0.3 is 0 Å². The zero-order chi connectivity index (χ0) is 25.4. The van der Waals surface area contributed by atoms with Gasteiger partial charge in [-0.05, 0) is 37.3 Å². The highest BCUT2D eigenvalue weighted by Crippen LogP contribution is 2.35. The summed E-state index contributed by atoms with van der Waals surface area (Å²) in [5, 5.41) is 9.34. The summed E-state index contributed by atoms with van der Waals surface area (Å²) in [6, 6.07) is 9.59. The van der Waals surface area contributed by atoms with Crippen LogP contribution in [0.5, 0.6) is 5.75 Å². The maximum Gasteiger partial charge on any atom is 0.211 e. The molecule has 5 rings (SSSR count). The fourth-order valence-electron chi connectivity index (χ4n) is 4.32. The van der Waals surface area contributed by atoms with E-state index in [1.54, 1.807) is 18.6 Å². The maximum absolute atomic E-state index is 11.8. The van der Waals surface area contributed by atoms with Crippen molar-refractivity contribution in [2.75, 3.05) is 37.3 Å². The van der Waals surface area contributed by atoms with Crippen molar-refractivity contribution in [3.63, 3.8) is 0 Å². The summed E-state index contributed by atoms with van der Waals surface area (Å²) >= 11 is 12.6. The van der Waals surface area contributed by atoms with Crippen molar-refractivity contribution in [2.24, 2.45) is 0 Å². The van der Waals surface area contributed by atoms with Crippen molar-refractivity contribution >= 4 is 49.9 Å². The lowest BCUT2D eigenvalue weighted by atomic mass is 10.1. The molecular formula is C24H24Cl2N6O3S. The quantitative estimate of drug-likeness (QED) is 0.378. The lowest BCUT2D eigenvalue weighted by Gasteiger charge is -2.33. The van der Waals surface area contributed by atoms with Crippen LogP contribution in [0.4, 0.5) is 5.82 Å². The van der Waals surface area contributed by atoms with Gasteiger partial charge in [-0.25, -0.2) is 13.4 Å². The first-order chi connectivity index (χ1) is 17.2. The number of pyridine rings is 2. The topological polar surface area (TPSA) is 104 Å². The molecule has 1 N–H and O–H groups in total. The Morgan fingerprint density at radius 1 is 1.03 bits per heavy atom. The summed E-state index contributed by atoms with van der Waals surface area (Å²) in [5.41, 5.74) is 3.15. The summed E-state index contributed by atoms with van der Waals surface area (Å²) in [7, 11) is -3.17. The predicted molar refractivity (Wildman–Crippen MR) is 141 cm³/mol. The molecule has 1 saturated heterocycles. The second kappa shape index (κ2) is 9.85. The number of anilines is 1. The largest absolute Gasteiger partial charge is 0.486 e. The SMILES string of the molecule is C[C@@H](Oc1ccc2[nH]nc(-c3ccc(N4CCN(S(C)(=O)=O)CC4)nc3)c2c1)c1c(Cl)cncc1Cl. The average Bonchev–Trinajstić information content (AvgIpc) is 3.27. The first kappa shape index (κ1) is 24.8. The molecule has 0 amide bonds. The molecule has 4 heterocycles. The Hall–Kier alpha value is -2.92. The van der Waals surface area contributed by atoms with Gasteiger partial charge in [0.2, 0.25) is 10.0 Å². The number of nitrogens with zero attached hydrogens (tertiary/aromatic N) is 5. The molecule has 1 aromatic carbocycles. The summed E-state index contributed by atoms with van der Waals surface area (Å²) in [6.45, 7) is 3.96. The standard InChI is InChI=1S/C24H24Cl2N6O3S/c1-15(23-19(25)13-27-14-20(23)26)35-17-4-5-21-18(11-17)24(30-29-21)16-3-6-22(28-12-16)31-7-9-32(10-8-31)36(2,33)34/h3-6,11-15H,7-10H2,1-2H3,(H,29,30)/t15-/m1/s1. The molecule has 9 nitrogen and oxygen atoms in total. The molecule has 36 heavy (non-hydrogen) atoms. The molecule has 188 valence electrons. The van der Waals surface area contributed by atoms with Gasteiger partial charge < -0.3 is 9.64 Å². The molecule has 0 spiro atoms. The van der Waals surface area contributed by atoms with Gasteiger partial charge in [0.1, 0.15) is 23.4 Å². The zero-order valence-electron chi connectivity index (χ0n) is 19.6. The van der Waals surface area contributed by atoms with Crippen molar-refractivity contribution in [3.05, 3.63) is 64.5 Å². The summed E-state index contributed by atoms with van der Waals surface area (Å²) in [6.07, 6.45) is 5.72. The number of fused-ring (bicyclic) bond motifs is 1. The fourth-order valence-corrected chi connectivity index (χ4v) is 5.82. The Morgan fingerprint density at radius 2 is 1.75 bits per heavy atom. The molecule has 0 saturated carbocycles. The lowest BCUT2D eigenvalue weighted by molar-refractivity contribution is 0.227. The minimum Gasteiger partial charge on any atom is -0.486 e. The minimum absolute atomic E-state index is 0.384. The van der Waals surface area contributed by atoms with Crippen molar-refractivity contribution < 1.29 is 13.2 Å². The van der Waals surface area contributed by atoms with E-state index in [0.717, 1.165) is 28.0 Å². The van der Waals surface area contributed by atoms with Crippen molar-refractivity contribution in [1.29, 1.82) is 0 Å². The van der Waals surface area contributed by atoms with E-state index in [1.807, 2.05) is 37.3 Å². The number of H-pyrrole nitrogens is 1. The molecule has 1 atom stereocenters. The Bertz CT molecular complexity index is 1480. The van der Waals surface area contributed by atoms with Crippen LogP contribution >= 0.6 is 23.2 Å². The Kier molecular flexibility index (Phi) is 6.78. The highest BCUT2D eigenvalue weighted by molar-refractivity contribution is 7.88. The van der Waals surface area contributed by atoms with E-state index in [4.69, 9.17) is 27.9 Å². The number of benzene rings is 1. The zero-order valence-corrected chi connectivity index (χ0v) is 22.0. The van der Waals surface area contributed by atoms with Gasteiger partial charge in [0.05, 0.1) is 21.8 Å².